The maximum atomic E-state index is 12.5. The Bertz CT molecular complexity index is 714. The summed E-state index contributed by atoms with van der Waals surface area (Å²) in [5.41, 5.74) is 1.99. The molecule has 0 radical (unpaired) electrons. The largest absolute Gasteiger partial charge is 0.347 e. The maximum absolute atomic E-state index is 12.5. The number of aromatic nitrogens is 1. The fraction of sp³-hybridized carbons (Fsp3) is 0.200. The minimum absolute atomic E-state index is 0.173. The van der Waals surface area contributed by atoms with Gasteiger partial charge in [0.15, 0.2) is 5.78 Å². The Hall–Kier alpha value is -1.29. The predicted octanol–water partition coefficient (Wildman–Crippen LogP) is 4.12. The van der Waals surface area contributed by atoms with E-state index in [1.807, 2.05) is 19.1 Å². The minimum Gasteiger partial charge on any atom is -0.347 e. The summed E-state index contributed by atoms with van der Waals surface area (Å²) in [6, 6.07) is 8.68. The number of alkyl halides is 3. The summed E-state index contributed by atoms with van der Waals surface area (Å²) >= 11 is 16.8. The van der Waals surface area contributed by atoms with Crippen molar-refractivity contribution in [2.75, 3.05) is 0 Å². The topological polar surface area (TPSA) is 39.1 Å². The lowest BCUT2D eigenvalue weighted by molar-refractivity contribution is 0.0988. The van der Waals surface area contributed by atoms with Crippen molar-refractivity contribution in [2.45, 2.75) is 10.7 Å². The maximum Gasteiger partial charge on any atom is 0.255 e. The van der Waals surface area contributed by atoms with Crippen molar-refractivity contribution >= 4 is 46.4 Å². The van der Waals surface area contributed by atoms with Crippen LogP contribution in [0.4, 0.5) is 0 Å². The summed E-state index contributed by atoms with van der Waals surface area (Å²) in [5, 5.41) is 0. The minimum atomic E-state index is -2.05. The Kier molecular flexibility index (Phi) is 4.47. The number of hydrogen-bond donors (Lipinski definition) is 0. The van der Waals surface area contributed by atoms with Crippen molar-refractivity contribution < 1.29 is 9.59 Å². The molecule has 0 unspecified atom stereocenters. The van der Waals surface area contributed by atoms with Crippen molar-refractivity contribution in [3.05, 3.63) is 58.9 Å². The van der Waals surface area contributed by atoms with Crippen LogP contribution in [0.25, 0.3) is 0 Å². The monoisotopic (exact) mass is 343 g/mol. The van der Waals surface area contributed by atoms with E-state index in [1.54, 1.807) is 25.4 Å². The molecular weight excluding hydrogens is 333 g/mol. The van der Waals surface area contributed by atoms with Gasteiger partial charge in [-0.3, -0.25) is 9.59 Å². The molecule has 0 fully saturated rings. The molecule has 3 nitrogen and oxygen atoms in total. The number of Topliss-reactive ketones (excluding diaryl/α,β-unsaturated/α-hetero) is 1. The molecule has 0 saturated carbocycles. The van der Waals surface area contributed by atoms with Gasteiger partial charge in [0.1, 0.15) is 0 Å². The van der Waals surface area contributed by atoms with E-state index in [0.717, 1.165) is 5.56 Å². The van der Waals surface area contributed by atoms with Crippen molar-refractivity contribution in [1.82, 2.24) is 4.57 Å². The van der Waals surface area contributed by atoms with E-state index in [2.05, 4.69) is 0 Å². The third-order valence-corrected chi connectivity index (χ3v) is 3.66. The van der Waals surface area contributed by atoms with Gasteiger partial charge in [0, 0.05) is 24.4 Å². The van der Waals surface area contributed by atoms with Gasteiger partial charge in [-0.05, 0) is 18.6 Å². The molecule has 6 heteroatoms. The Morgan fingerprint density at radius 3 is 2.33 bits per heavy atom. The third-order valence-electron chi connectivity index (χ3n) is 3.15. The van der Waals surface area contributed by atoms with Crippen LogP contribution < -0.4 is 0 Å². The number of ketones is 2. The van der Waals surface area contributed by atoms with E-state index in [4.69, 9.17) is 34.8 Å². The summed E-state index contributed by atoms with van der Waals surface area (Å²) < 4.78 is -0.565. The Balaban J connectivity index is 2.42. The van der Waals surface area contributed by atoms with E-state index in [1.165, 1.54) is 10.6 Å². The first-order chi connectivity index (χ1) is 9.71. The second kappa shape index (κ2) is 5.84. The molecule has 0 bridgehead atoms. The molecule has 0 atom stereocenters. The number of carbonyl (C=O) groups is 2. The van der Waals surface area contributed by atoms with Gasteiger partial charge in [-0.15, -0.1) is 0 Å². The second-order valence-corrected chi connectivity index (χ2v) is 6.98. The van der Waals surface area contributed by atoms with Gasteiger partial charge in [0.05, 0.1) is 5.69 Å². The summed E-state index contributed by atoms with van der Waals surface area (Å²) in [6.07, 6.45) is 1.55. The summed E-state index contributed by atoms with van der Waals surface area (Å²) in [5.74, 6) is -0.842. The van der Waals surface area contributed by atoms with Crippen molar-refractivity contribution in [3.63, 3.8) is 0 Å². The first kappa shape index (κ1) is 16.1. The summed E-state index contributed by atoms with van der Waals surface area (Å²) in [7, 11) is 1.62. The number of nitrogens with zero attached hydrogens (tertiary/aromatic N) is 1. The first-order valence-electron chi connectivity index (χ1n) is 6.10. The molecule has 21 heavy (non-hydrogen) atoms. The third kappa shape index (κ3) is 3.31. The molecule has 0 amide bonds. The number of benzene rings is 1. The molecule has 0 aliphatic carbocycles. The number of carbonyl (C=O) groups excluding carboxylic acids is 2. The summed E-state index contributed by atoms with van der Waals surface area (Å²) in [4.78, 5) is 24.5. The van der Waals surface area contributed by atoms with Gasteiger partial charge in [0.2, 0.25) is 5.78 Å². The van der Waals surface area contributed by atoms with Crippen LogP contribution in [0.5, 0.6) is 0 Å². The second-order valence-electron chi connectivity index (χ2n) is 4.70. The lowest BCUT2D eigenvalue weighted by atomic mass is 10.0. The van der Waals surface area contributed by atoms with Gasteiger partial charge in [-0.2, -0.15) is 0 Å². The average Bonchev–Trinajstić information content (AvgIpc) is 2.78. The van der Waals surface area contributed by atoms with Crippen molar-refractivity contribution in [2.24, 2.45) is 7.05 Å². The molecule has 0 aliphatic rings. The number of rotatable bonds is 3. The van der Waals surface area contributed by atoms with Crippen LogP contribution in [0.2, 0.25) is 0 Å². The normalized spacial score (nSPS) is 11.5. The lowest BCUT2D eigenvalue weighted by Crippen LogP contribution is -2.21. The van der Waals surface area contributed by atoms with Gasteiger partial charge in [-0.1, -0.05) is 59.1 Å². The van der Waals surface area contributed by atoms with E-state index < -0.39 is 9.58 Å². The predicted molar refractivity (Wildman–Crippen MR) is 84.6 cm³/mol. The van der Waals surface area contributed by atoms with Gasteiger partial charge in [-0.25, -0.2) is 0 Å². The Labute approximate surface area is 137 Å². The standard InChI is InChI=1S/C15H12Cl3NO2/c1-9-5-3-4-6-11(9)13(20)10-7-12(19(2)8-10)14(21)15(16,17)18/h3-8H,1-2H3. The lowest BCUT2D eigenvalue weighted by Gasteiger charge is -2.09. The van der Waals surface area contributed by atoms with Crippen LogP contribution in [-0.4, -0.2) is 19.9 Å². The molecule has 0 saturated heterocycles. The molecule has 2 aromatic rings. The van der Waals surface area contributed by atoms with Crippen LogP contribution in [0.15, 0.2) is 36.5 Å². The molecule has 0 aliphatic heterocycles. The number of hydrogen-bond acceptors (Lipinski definition) is 2. The highest BCUT2D eigenvalue weighted by Gasteiger charge is 2.34. The van der Waals surface area contributed by atoms with Crippen molar-refractivity contribution in [3.8, 4) is 0 Å². The molecule has 1 aromatic heterocycles. The SMILES string of the molecule is Cc1ccccc1C(=O)c1cc(C(=O)C(Cl)(Cl)Cl)n(C)c1. The molecule has 0 N–H and O–H groups in total. The first-order valence-corrected chi connectivity index (χ1v) is 7.23. The van der Waals surface area contributed by atoms with E-state index in [0.29, 0.717) is 11.1 Å². The van der Waals surface area contributed by atoms with E-state index in [-0.39, 0.29) is 11.5 Å². The highest BCUT2D eigenvalue weighted by molar-refractivity contribution is 6.77. The highest BCUT2D eigenvalue weighted by atomic mass is 35.6. The zero-order valence-corrected chi connectivity index (χ0v) is 13.6. The van der Waals surface area contributed by atoms with Crippen LogP contribution >= 0.6 is 34.8 Å². The average molecular weight is 345 g/mol. The van der Waals surface area contributed by atoms with Gasteiger partial charge >= 0.3 is 0 Å². The van der Waals surface area contributed by atoms with E-state index in [9.17, 15) is 9.59 Å². The van der Waals surface area contributed by atoms with Crippen LogP contribution in [0.1, 0.15) is 32.0 Å². The van der Waals surface area contributed by atoms with Crippen LogP contribution in [-0.2, 0) is 7.05 Å². The smallest absolute Gasteiger partial charge is 0.255 e. The fourth-order valence-electron chi connectivity index (χ4n) is 2.04. The Morgan fingerprint density at radius 2 is 1.76 bits per heavy atom. The summed E-state index contributed by atoms with van der Waals surface area (Å²) in [6.45, 7) is 1.85. The van der Waals surface area contributed by atoms with Gasteiger partial charge < -0.3 is 4.57 Å². The Morgan fingerprint density at radius 1 is 1.14 bits per heavy atom. The number of aryl methyl sites for hydroxylation is 2. The molecule has 110 valence electrons. The van der Waals surface area contributed by atoms with Gasteiger partial charge in [0.25, 0.3) is 3.79 Å². The molecule has 0 spiro atoms. The van der Waals surface area contributed by atoms with Crippen molar-refractivity contribution in [1.29, 1.82) is 0 Å². The molecular formula is C15H12Cl3NO2. The molecule has 1 aromatic carbocycles. The van der Waals surface area contributed by atoms with Crippen LogP contribution in [0.3, 0.4) is 0 Å². The molecule has 2 rings (SSSR count). The zero-order chi connectivity index (χ0) is 15.8. The van der Waals surface area contributed by atoms with Crippen LogP contribution in [0, 0.1) is 6.92 Å². The zero-order valence-electron chi connectivity index (χ0n) is 11.4. The fourth-order valence-corrected chi connectivity index (χ4v) is 2.33. The highest BCUT2D eigenvalue weighted by Crippen LogP contribution is 2.31. The quantitative estimate of drug-likeness (QED) is 0.620. The molecule has 1 heterocycles. The van der Waals surface area contributed by atoms with E-state index >= 15 is 0 Å². The number of halogens is 3.